The number of nitrogens with two attached hydrogens (primary N) is 1. The maximum atomic E-state index is 5.21. The van der Waals surface area contributed by atoms with E-state index in [0.717, 1.165) is 10.8 Å². The molecule has 0 saturated carbocycles. The lowest BCUT2D eigenvalue weighted by Gasteiger charge is -1.98. The van der Waals surface area contributed by atoms with E-state index in [-0.39, 0.29) is 0 Å². The summed E-state index contributed by atoms with van der Waals surface area (Å²) < 4.78 is 0. The first kappa shape index (κ1) is 9.40. The van der Waals surface area contributed by atoms with Crippen LogP contribution in [0.1, 0.15) is 0 Å². The van der Waals surface area contributed by atoms with Crippen molar-refractivity contribution in [3.8, 4) is 0 Å². The minimum Gasteiger partial charge on any atom is -0.405 e. The number of allylic oxidation sites excluding steroid dienone is 1. The number of rotatable bonds is 2. The van der Waals surface area contributed by atoms with Crippen LogP contribution in [0.3, 0.4) is 0 Å². The number of aromatic nitrogens is 1. The fraction of sp³-hybridized carbons (Fsp3) is 0. The van der Waals surface area contributed by atoms with Gasteiger partial charge in [0.1, 0.15) is 0 Å². The van der Waals surface area contributed by atoms with Crippen LogP contribution in [-0.2, 0) is 0 Å². The van der Waals surface area contributed by atoms with Crippen LogP contribution in [0.2, 0.25) is 0 Å². The summed E-state index contributed by atoms with van der Waals surface area (Å²) in [6.45, 7) is 0. The van der Waals surface area contributed by atoms with Crippen LogP contribution in [0.4, 0.5) is 5.82 Å². The molecule has 0 aliphatic carbocycles. The van der Waals surface area contributed by atoms with Crippen molar-refractivity contribution in [3.05, 3.63) is 48.8 Å². The maximum Gasteiger partial charge on any atom is 0.159 e. The van der Waals surface area contributed by atoms with Crippen LogP contribution in [0.5, 0.6) is 0 Å². The quantitative estimate of drug-likeness (QED) is 0.751. The molecule has 3 nitrogen and oxygen atoms in total. The molecule has 0 fully saturated rings. The van der Waals surface area contributed by atoms with E-state index in [1.54, 1.807) is 18.5 Å². The Balaban J connectivity index is 2.51. The van der Waals surface area contributed by atoms with Gasteiger partial charge in [-0.2, -0.15) is 0 Å². The van der Waals surface area contributed by atoms with Crippen LogP contribution >= 0.6 is 0 Å². The second-order valence-electron chi connectivity index (χ2n) is 3.02. The van der Waals surface area contributed by atoms with Gasteiger partial charge in [0, 0.05) is 17.8 Å². The molecule has 2 rings (SSSR count). The third-order valence-corrected chi connectivity index (χ3v) is 2.05. The van der Waals surface area contributed by atoms with Crippen molar-refractivity contribution >= 4 is 22.8 Å². The van der Waals surface area contributed by atoms with Gasteiger partial charge in [0.25, 0.3) is 0 Å². The Morgan fingerprint density at radius 3 is 2.93 bits per heavy atom. The summed E-state index contributed by atoms with van der Waals surface area (Å²) >= 11 is 0. The van der Waals surface area contributed by atoms with Crippen LogP contribution in [0.25, 0.3) is 10.8 Å². The first-order valence-electron chi connectivity index (χ1n) is 4.66. The van der Waals surface area contributed by atoms with Crippen LogP contribution < -0.4 is 5.73 Å². The summed E-state index contributed by atoms with van der Waals surface area (Å²) in [6.07, 6.45) is 6.49. The Hall–Kier alpha value is -2.16. The maximum absolute atomic E-state index is 5.21. The zero-order chi connectivity index (χ0) is 10.5. The molecule has 2 N–H and O–H groups in total. The van der Waals surface area contributed by atoms with Gasteiger partial charge in [-0.1, -0.05) is 24.3 Å². The van der Waals surface area contributed by atoms with Gasteiger partial charge in [-0.25, -0.2) is 9.98 Å². The predicted molar refractivity (Wildman–Crippen MR) is 63.2 cm³/mol. The third-order valence-electron chi connectivity index (χ3n) is 2.05. The number of aliphatic imine (C=N–C) groups is 1. The molecule has 0 unspecified atom stereocenters. The summed E-state index contributed by atoms with van der Waals surface area (Å²) in [5.41, 5.74) is 5.21. The summed E-state index contributed by atoms with van der Waals surface area (Å²) in [5.74, 6) is 0.714. The Morgan fingerprint density at radius 1 is 1.20 bits per heavy atom. The topological polar surface area (TPSA) is 51.3 Å². The Morgan fingerprint density at radius 2 is 2.07 bits per heavy atom. The molecule has 15 heavy (non-hydrogen) atoms. The van der Waals surface area contributed by atoms with Gasteiger partial charge >= 0.3 is 0 Å². The normalized spacial score (nSPS) is 11.7. The summed E-state index contributed by atoms with van der Waals surface area (Å²) in [7, 11) is 0. The monoisotopic (exact) mass is 197 g/mol. The van der Waals surface area contributed by atoms with Gasteiger partial charge in [-0.05, 0) is 23.7 Å². The smallest absolute Gasteiger partial charge is 0.159 e. The molecule has 0 atom stereocenters. The molecule has 1 aromatic carbocycles. The molecule has 0 amide bonds. The molecule has 3 heteroatoms. The number of hydrogen-bond donors (Lipinski definition) is 1. The van der Waals surface area contributed by atoms with E-state index in [0.29, 0.717) is 5.82 Å². The Labute approximate surface area is 88.0 Å². The minimum atomic E-state index is 0.714. The van der Waals surface area contributed by atoms with E-state index in [9.17, 15) is 0 Å². The average Bonchev–Trinajstić information content (AvgIpc) is 2.30. The number of hydrogen-bond acceptors (Lipinski definition) is 3. The second-order valence-corrected chi connectivity index (χ2v) is 3.02. The highest BCUT2D eigenvalue weighted by molar-refractivity contribution is 5.92. The molecular formula is C12H11N3. The fourth-order valence-electron chi connectivity index (χ4n) is 1.37. The Bertz CT molecular complexity index is 510. The van der Waals surface area contributed by atoms with Gasteiger partial charge < -0.3 is 5.73 Å². The molecule has 0 aliphatic rings. The molecule has 0 radical (unpaired) electrons. The lowest BCUT2D eigenvalue weighted by atomic mass is 10.2. The first-order valence-corrected chi connectivity index (χ1v) is 4.66. The highest BCUT2D eigenvalue weighted by atomic mass is 14.9. The molecule has 0 bridgehead atoms. The molecule has 0 spiro atoms. The SMILES string of the molecule is NC=CC=Nc1nccc2ccccc12. The lowest BCUT2D eigenvalue weighted by Crippen LogP contribution is -1.79. The molecule has 74 valence electrons. The van der Waals surface area contributed by atoms with Crippen molar-refractivity contribution in [2.45, 2.75) is 0 Å². The zero-order valence-electron chi connectivity index (χ0n) is 8.17. The largest absolute Gasteiger partial charge is 0.405 e. The standard InChI is InChI=1S/C12H11N3/c13-7-3-8-14-12-11-5-2-1-4-10(11)6-9-15-12/h1-9H,13H2. The van der Waals surface area contributed by atoms with Crippen molar-refractivity contribution in [1.29, 1.82) is 0 Å². The Kier molecular flexibility index (Phi) is 2.74. The van der Waals surface area contributed by atoms with E-state index < -0.39 is 0 Å². The fourth-order valence-corrected chi connectivity index (χ4v) is 1.37. The molecular weight excluding hydrogens is 186 g/mol. The number of fused-ring (bicyclic) bond motifs is 1. The number of benzene rings is 1. The van der Waals surface area contributed by atoms with Crippen molar-refractivity contribution in [2.24, 2.45) is 10.7 Å². The molecule has 0 saturated heterocycles. The van der Waals surface area contributed by atoms with E-state index in [4.69, 9.17) is 5.73 Å². The van der Waals surface area contributed by atoms with Gasteiger partial charge in [0.2, 0.25) is 0 Å². The summed E-state index contributed by atoms with van der Waals surface area (Å²) in [4.78, 5) is 8.43. The molecule has 1 heterocycles. The van der Waals surface area contributed by atoms with Crippen molar-refractivity contribution < 1.29 is 0 Å². The second kappa shape index (κ2) is 4.37. The molecule has 1 aromatic heterocycles. The van der Waals surface area contributed by atoms with E-state index in [1.807, 2.05) is 30.3 Å². The highest BCUT2D eigenvalue weighted by Crippen LogP contribution is 2.22. The predicted octanol–water partition coefficient (Wildman–Crippen LogP) is 2.41. The van der Waals surface area contributed by atoms with E-state index in [2.05, 4.69) is 9.98 Å². The molecule has 2 aromatic rings. The van der Waals surface area contributed by atoms with Crippen LogP contribution in [0.15, 0.2) is 53.8 Å². The minimum absolute atomic E-state index is 0.714. The van der Waals surface area contributed by atoms with Crippen molar-refractivity contribution in [1.82, 2.24) is 4.98 Å². The third kappa shape index (κ3) is 2.02. The summed E-state index contributed by atoms with van der Waals surface area (Å²) in [5, 5.41) is 2.18. The lowest BCUT2D eigenvalue weighted by molar-refractivity contribution is 1.31. The van der Waals surface area contributed by atoms with Crippen molar-refractivity contribution in [3.63, 3.8) is 0 Å². The number of nitrogens with zero attached hydrogens (tertiary/aromatic N) is 2. The van der Waals surface area contributed by atoms with E-state index >= 15 is 0 Å². The highest BCUT2D eigenvalue weighted by Gasteiger charge is 1.97. The average molecular weight is 197 g/mol. The first-order chi connectivity index (χ1) is 7.42. The molecule has 0 aliphatic heterocycles. The van der Waals surface area contributed by atoms with E-state index in [1.165, 1.54) is 6.20 Å². The van der Waals surface area contributed by atoms with Crippen LogP contribution in [0, 0.1) is 0 Å². The number of pyridine rings is 1. The zero-order valence-corrected chi connectivity index (χ0v) is 8.17. The van der Waals surface area contributed by atoms with Gasteiger partial charge in [-0.15, -0.1) is 0 Å². The van der Waals surface area contributed by atoms with Crippen molar-refractivity contribution in [2.75, 3.05) is 0 Å². The van der Waals surface area contributed by atoms with Gasteiger partial charge in [0.05, 0.1) is 0 Å². The van der Waals surface area contributed by atoms with Gasteiger partial charge in [0.15, 0.2) is 5.82 Å². The summed E-state index contributed by atoms with van der Waals surface area (Å²) in [6, 6.07) is 9.97. The van der Waals surface area contributed by atoms with Gasteiger partial charge in [-0.3, -0.25) is 0 Å². The van der Waals surface area contributed by atoms with Crippen LogP contribution in [-0.4, -0.2) is 11.2 Å².